The minimum atomic E-state index is -0.0304. The van der Waals surface area contributed by atoms with Gasteiger partial charge >= 0.3 is 0 Å². The minimum Gasteiger partial charge on any atom is -0.303 e. The number of fused-ring (bicyclic) bond motifs is 1. The van der Waals surface area contributed by atoms with Gasteiger partial charge in [-0.2, -0.15) is 0 Å². The molecule has 128 valence electrons. The van der Waals surface area contributed by atoms with Crippen molar-refractivity contribution in [3.05, 3.63) is 23.0 Å². The van der Waals surface area contributed by atoms with E-state index < -0.39 is 0 Å². The van der Waals surface area contributed by atoms with Gasteiger partial charge in [0, 0.05) is 70.2 Å². The van der Waals surface area contributed by atoms with Gasteiger partial charge in [0.1, 0.15) is 0 Å². The fraction of sp³-hybridized carbons (Fsp3) is 0.706. The molecule has 1 aromatic heterocycles. The fourth-order valence-electron chi connectivity index (χ4n) is 3.88. The van der Waals surface area contributed by atoms with E-state index in [0.717, 1.165) is 31.0 Å². The van der Waals surface area contributed by atoms with E-state index in [1.54, 1.807) is 6.92 Å². The molecule has 6 heteroatoms. The minimum absolute atomic E-state index is 0.0304. The first-order valence-electron chi connectivity index (χ1n) is 8.54. The quantitative estimate of drug-likeness (QED) is 0.887. The summed E-state index contributed by atoms with van der Waals surface area (Å²) in [7, 11) is 2.22. The summed E-state index contributed by atoms with van der Waals surface area (Å²) in [6, 6.07) is 2.85. The topological polar surface area (TPSA) is 43.8 Å². The van der Waals surface area contributed by atoms with E-state index in [1.165, 1.54) is 31.7 Å². The third-order valence-corrected chi connectivity index (χ3v) is 5.18. The van der Waals surface area contributed by atoms with Gasteiger partial charge in [-0.15, -0.1) is 0 Å². The number of hydrogen-bond acceptors (Lipinski definition) is 4. The zero-order valence-corrected chi connectivity index (χ0v) is 14.8. The molecule has 1 atom stereocenters. The number of hydrogen-bond donors (Lipinski definition) is 1. The molecule has 0 radical (unpaired) electrons. The standard InChI is InChI=1S/C17H29N5O/c1-13-9-16(14(2)22(13)18-15(3)23)10-20-6-8-21-7-5-19(4)11-17(21)12-20/h9,17H,5-8,10-12H2,1-4H3,(H,18,23). The van der Waals surface area contributed by atoms with Crippen LogP contribution in [0.15, 0.2) is 6.07 Å². The molecule has 1 N–H and O–H groups in total. The van der Waals surface area contributed by atoms with Crippen LogP contribution in [-0.2, 0) is 11.3 Å². The van der Waals surface area contributed by atoms with Crippen LogP contribution < -0.4 is 5.43 Å². The molecule has 0 bridgehead atoms. The zero-order chi connectivity index (χ0) is 16.6. The highest BCUT2D eigenvalue weighted by Gasteiger charge is 2.31. The monoisotopic (exact) mass is 319 g/mol. The maximum Gasteiger partial charge on any atom is 0.235 e. The van der Waals surface area contributed by atoms with Crippen LogP contribution in [0.1, 0.15) is 23.9 Å². The second-order valence-electron chi connectivity index (χ2n) is 7.09. The summed E-state index contributed by atoms with van der Waals surface area (Å²) in [6.45, 7) is 13.6. The van der Waals surface area contributed by atoms with Gasteiger partial charge in [-0.25, -0.2) is 0 Å². The van der Waals surface area contributed by atoms with E-state index in [2.05, 4.69) is 40.2 Å². The lowest BCUT2D eigenvalue weighted by molar-refractivity contribution is -0.115. The lowest BCUT2D eigenvalue weighted by Crippen LogP contribution is -2.61. The van der Waals surface area contributed by atoms with Gasteiger partial charge in [0.15, 0.2) is 0 Å². The third kappa shape index (κ3) is 3.59. The van der Waals surface area contributed by atoms with Crippen LogP contribution in [0.25, 0.3) is 0 Å². The second kappa shape index (κ2) is 6.63. The highest BCUT2D eigenvalue weighted by Crippen LogP contribution is 2.20. The maximum absolute atomic E-state index is 11.4. The van der Waals surface area contributed by atoms with Crippen molar-refractivity contribution >= 4 is 5.91 Å². The summed E-state index contributed by atoms with van der Waals surface area (Å²) < 4.78 is 1.91. The van der Waals surface area contributed by atoms with Gasteiger partial charge in [-0.1, -0.05) is 0 Å². The van der Waals surface area contributed by atoms with Crippen molar-refractivity contribution in [2.45, 2.75) is 33.4 Å². The molecule has 6 nitrogen and oxygen atoms in total. The first-order valence-corrected chi connectivity index (χ1v) is 8.54. The molecule has 2 aliphatic heterocycles. The normalized spacial score (nSPS) is 23.7. The first-order chi connectivity index (χ1) is 10.9. The fourth-order valence-corrected chi connectivity index (χ4v) is 3.88. The third-order valence-electron chi connectivity index (χ3n) is 5.18. The molecule has 3 heterocycles. The van der Waals surface area contributed by atoms with Gasteiger partial charge in [-0.3, -0.25) is 24.7 Å². The average molecular weight is 319 g/mol. The lowest BCUT2D eigenvalue weighted by Gasteiger charge is -2.46. The van der Waals surface area contributed by atoms with Crippen molar-refractivity contribution in [3.63, 3.8) is 0 Å². The molecule has 0 spiro atoms. The van der Waals surface area contributed by atoms with Gasteiger partial charge in [-0.05, 0) is 32.5 Å². The number of likely N-dealkylation sites (N-methyl/N-ethyl adjacent to an activating group) is 1. The molecule has 23 heavy (non-hydrogen) atoms. The number of carbonyl (C=O) groups excluding carboxylic acids is 1. The number of amides is 1. The Bertz CT molecular complexity index is 582. The Morgan fingerprint density at radius 1 is 1.22 bits per heavy atom. The zero-order valence-electron chi connectivity index (χ0n) is 14.8. The van der Waals surface area contributed by atoms with Crippen molar-refractivity contribution < 1.29 is 4.79 Å². The van der Waals surface area contributed by atoms with E-state index >= 15 is 0 Å². The summed E-state index contributed by atoms with van der Waals surface area (Å²) in [5, 5.41) is 0. The Morgan fingerprint density at radius 2 is 1.96 bits per heavy atom. The van der Waals surface area contributed by atoms with E-state index in [0.29, 0.717) is 6.04 Å². The number of rotatable bonds is 3. The second-order valence-corrected chi connectivity index (χ2v) is 7.09. The SMILES string of the molecule is CC(=O)Nn1c(C)cc(CN2CCN3CCN(C)CC3C2)c1C. The summed E-state index contributed by atoms with van der Waals surface area (Å²) in [5.41, 5.74) is 6.43. The number of aromatic nitrogens is 1. The molecule has 1 unspecified atom stereocenters. The molecule has 0 saturated carbocycles. The molecule has 0 aromatic carbocycles. The largest absolute Gasteiger partial charge is 0.303 e. The highest BCUT2D eigenvalue weighted by atomic mass is 16.2. The summed E-state index contributed by atoms with van der Waals surface area (Å²) in [5.74, 6) is -0.0304. The van der Waals surface area contributed by atoms with Crippen LogP contribution in [0.5, 0.6) is 0 Å². The van der Waals surface area contributed by atoms with E-state index in [4.69, 9.17) is 0 Å². The molecule has 3 rings (SSSR count). The van der Waals surface area contributed by atoms with E-state index in [1.807, 2.05) is 11.6 Å². The summed E-state index contributed by atoms with van der Waals surface area (Å²) in [4.78, 5) is 19.0. The summed E-state index contributed by atoms with van der Waals surface area (Å²) >= 11 is 0. The molecular formula is C17H29N5O. The molecular weight excluding hydrogens is 290 g/mol. The van der Waals surface area contributed by atoms with Crippen LogP contribution >= 0.6 is 0 Å². The van der Waals surface area contributed by atoms with Crippen LogP contribution in [0.4, 0.5) is 0 Å². The van der Waals surface area contributed by atoms with Gasteiger partial charge in [0.2, 0.25) is 5.91 Å². The van der Waals surface area contributed by atoms with Crippen molar-refractivity contribution in [2.75, 3.05) is 51.7 Å². The van der Waals surface area contributed by atoms with Crippen molar-refractivity contribution in [1.29, 1.82) is 0 Å². The highest BCUT2D eigenvalue weighted by molar-refractivity contribution is 5.81. The van der Waals surface area contributed by atoms with Crippen molar-refractivity contribution in [2.24, 2.45) is 0 Å². The van der Waals surface area contributed by atoms with E-state index in [-0.39, 0.29) is 5.91 Å². The molecule has 1 amide bonds. The molecule has 2 saturated heterocycles. The Morgan fingerprint density at radius 3 is 2.70 bits per heavy atom. The number of aryl methyl sites for hydroxylation is 1. The Labute approximate surface area is 139 Å². The predicted molar refractivity (Wildman–Crippen MR) is 92.1 cm³/mol. The maximum atomic E-state index is 11.4. The van der Waals surface area contributed by atoms with Crippen LogP contribution in [-0.4, -0.2) is 77.6 Å². The Balaban J connectivity index is 1.67. The first kappa shape index (κ1) is 16.5. The van der Waals surface area contributed by atoms with Crippen LogP contribution in [0.2, 0.25) is 0 Å². The van der Waals surface area contributed by atoms with Crippen molar-refractivity contribution in [3.8, 4) is 0 Å². The smallest absolute Gasteiger partial charge is 0.235 e. The Kier molecular flexibility index (Phi) is 4.75. The van der Waals surface area contributed by atoms with Crippen LogP contribution in [0.3, 0.4) is 0 Å². The summed E-state index contributed by atoms with van der Waals surface area (Å²) in [6.07, 6.45) is 0. The molecule has 0 aliphatic carbocycles. The number of nitrogens with one attached hydrogen (secondary N) is 1. The number of piperazine rings is 2. The van der Waals surface area contributed by atoms with Gasteiger partial charge in [0.05, 0.1) is 0 Å². The molecule has 1 aromatic rings. The van der Waals surface area contributed by atoms with Crippen molar-refractivity contribution in [1.82, 2.24) is 19.4 Å². The number of nitrogens with zero attached hydrogens (tertiary/aromatic N) is 4. The predicted octanol–water partition coefficient (Wildman–Crippen LogP) is 0.627. The lowest BCUT2D eigenvalue weighted by atomic mass is 10.1. The molecule has 2 aliphatic rings. The van der Waals surface area contributed by atoms with Gasteiger partial charge < -0.3 is 4.90 Å². The molecule has 2 fully saturated rings. The van der Waals surface area contributed by atoms with Crippen LogP contribution in [0, 0.1) is 13.8 Å². The van der Waals surface area contributed by atoms with Gasteiger partial charge in [0.25, 0.3) is 0 Å². The Hall–Kier alpha value is -1.37. The van der Waals surface area contributed by atoms with E-state index in [9.17, 15) is 4.79 Å². The number of carbonyl (C=O) groups is 1. The average Bonchev–Trinajstić information content (AvgIpc) is 2.74.